The number of aliphatic carboxylic acids is 3. The van der Waals surface area contributed by atoms with Crippen LogP contribution in [-0.2, 0) is 23.9 Å². The van der Waals surface area contributed by atoms with Gasteiger partial charge >= 0.3 is 6.18 Å². The van der Waals surface area contributed by atoms with Crippen LogP contribution in [0.3, 0.4) is 0 Å². The molecule has 1 aliphatic heterocycles. The maximum atomic E-state index is 12.9. The van der Waals surface area contributed by atoms with Crippen molar-refractivity contribution in [3.05, 3.63) is 6.33 Å². The van der Waals surface area contributed by atoms with Gasteiger partial charge in [-0.15, -0.1) is 0 Å². The summed E-state index contributed by atoms with van der Waals surface area (Å²) >= 11 is 1.89. The Morgan fingerprint density at radius 3 is 2.24 bits per heavy atom. The topological polar surface area (TPSA) is 254 Å². The van der Waals surface area contributed by atoms with E-state index < -0.39 is 91.1 Å². The average Bonchev–Trinajstić information content (AvgIpc) is 3.38. The third-order valence-corrected chi connectivity index (χ3v) is 8.30. The van der Waals surface area contributed by atoms with Crippen LogP contribution in [-0.4, -0.2) is 113 Å². The van der Waals surface area contributed by atoms with Crippen LogP contribution in [0.2, 0.25) is 0 Å². The van der Waals surface area contributed by atoms with Crippen LogP contribution in [0.4, 0.5) is 19.0 Å². The van der Waals surface area contributed by atoms with Crippen LogP contribution in [0.15, 0.2) is 11.5 Å². The van der Waals surface area contributed by atoms with Crippen LogP contribution in [0, 0.1) is 0 Å². The number of amides is 1. The van der Waals surface area contributed by atoms with Gasteiger partial charge < -0.3 is 49.8 Å². The highest BCUT2D eigenvalue weighted by Crippen LogP contribution is 2.51. The Labute approximate surface area is 260 Å². The van der Waals surface area contributed by atoms with Gasteiger partial charge in [-0.2, -0.15) is 24.9 Å². The van der Waals surface area contributed by atoms with Crippen molar-refractivity contribution in [2.75, 3.05) is 29.2 Å². The lowest BCUT2D eigenvalue weighted by Crippen LogP contribution is -2.63. The number of aromatic nitrogens is 4. The fraction of sp³-hybridized carbons (Fsp3) is 0.625. The molecular weight excluding hydrogens is 655 g/mol. The normalized spacial score (nSPS) is 24.1. The number of anilines is 1. The molecule has 0 bridgehead atoms. The fourth-order valence-corrected chi connectivity index (χ4v) is 6.08. The van der Waals surface area contributed by atoms with Crippen LogP contribution >= 0.6 is 23.5 Å². The first-order valence-electron chi connectivity index (χ1n) is 12.9. The lowest BCUT2D eigenvalue weighted by atomic mass is 9.73. The number of alkyl halides is 3. The second kappa shape index (κ2) is 14.0. The van der Waals surface area contributed by atoms with E-state index in [-0.39, 0.29) is 28.7 Å². The minimum atomic E-state index is -4.53. The van der Waals surface area contributed by atoms with E-state index in [0.29, 0.717) is 17.5 Å². The zero-order chi connectivity index (χ0) is 33.9. The van der Waals surface area contributed by atoms with E-state index in [1.807, 2.05) is 0 Å². The van der Waals surface area contributed by atoms with Crippen molar-refractivity contribution < 1.29 is 67.7 Å². The lowest BCUT2D eigenvalue weighted by Gasteiger charge is -2.42. The number of carbonyl (C=O) groups excluding carboxylic acids is 4. The summed E-state index contributed by atoms with van der Waals surface area (Å²) in [7, 11) is 0. The Hall–Kier alpha value is -3.24. The van der Waals surface area contributed by atoms with Gasteiger partial charge in [0, 0.05) is 62.1 Å². The lowest BCUT2D eigenvalue weighted by molar-refractivity contribution is -0.321. The molecule has 1 fully saturated rings. The van der Waals surface area contributed by atoms with E-state index in [1.165, 1.54) is 18.7 Å². The third-order valence-electron chi connectivity index (χ3n) is 6.86. The SMILES string of the molecule is CSCCN(C(C)=O)c1nc(SCCC(F)(F)F)nc2c1ncn2[C@@H]1O[C@H](C(O)CC(=O)[O-])[C@](O)(CC(=O)[O-])[C@]1(O)CC(=O)[O-]. The number of aliphatic hydroxyl groups is 3. The molecule has 0 aliphatic carbocycles. The molecule has 1 saturated heterocycles. The predicted octanol–water partition coefficient (Wildman–Crippen LogP) is -3.27. The van der Waals surface area contributed by atoms with Crippen LogP contribution < -0.4 is 20.2 Å². The van der Waals surface area contributed by atoms with Crippen molar-refractivity contribution >= 4 is 64.3 Å². The highest BCUT2D eigenvalue weighted by Gasteiger charge is 2.68. The minimum absolute atomic E-state index is 0.0551. The van der Waals surface area contributed by atoms with Crippen molar-refractivity contribution in [1.82, 2.24) is 19.5 Å². The van der Waals surface area contributed by atoms with Crippen molar-refractivity contribution in [3.8, 4) is 0 Å². The van der Waals surface area contributed by atoms with Gasteiger partial charge in [-0.05, 0) is 6.26 Å². The molecular formula is C24H27F3N5O11S2-3. The predicted molar refractivity (Wildman–Crippen MR) is 142 cm³/mol. The summed E-state index contributed by atoms with van der Waals surface area (Å²) in [5.74, 6) is -6.90. The number of carboxylic acids is 3. The summed E-state index contributed by atoms with van der Waals surface area (Å²) in [5.41, 5.74) is -7.04. The standard InChI is InChI=1S/C24H30F3N5O11S2/c1-11(33)31(4-6-44-2)18-16-19(30-21(29-18)45-5-3-24(25,26)27)32(10-28-16)20-23(42,9-15(39)40)22(41,8-14(37)38)17(43-20)12(34)7-13(35)36/h10,12,17,20,34,41-42H,3-9H2,1-2H3,(H,35,36)(H,37,38)(H,39,40)/p-3/t12?,17-,20-,22-,23+/m1/s1. The van der Waals surface area contributed by atoms with Gasteiger partial charge in [-0.1, -0.05) is 11.8 Å². The van der Waals surface area contributed by atoms with E-state index in [4.69, 9.17) is 4.74 Å². The summed E-state index contributed by atoms with van der Waals surface area (Å²) in [6, 6.07) is 0. The molecule has 3 N–H and O–H groups in total. The molecule has 2 aromatic heterocycles. The molecule has 1 aliphatic rings. The summed E-state index contributed by atoms with van der Waals surface area (Å²) in [4.78, 5) is 60.9. The number of hydrogen-bond acceptors (Lipinski definition) is 16. The van der Waals surface area contributed by atoms with Crippen LogP contribution in [0.1, 0.15) is 38.8 Å². The molecule has 0 radical (unpaired) electrons. The van der Waals surface area contributed by atoms with E-state index in [1.54, 1.807) is 6.26 Å². The Kier molecular flexibility index (Phi) is 11.3. The second-order valence-corrected chi connectivity index (χ2v) is 12.1. The molecule has 250 valence electrons. The number of carboxylic acid groups (broad SMARTS) is 3. The van der Waals surface area contributed by atoms with Crippen molar-refractivity contribution in [3.63, 3.8) is 0 Å². The maximum Gasteiger partial charge on any atom is 0.389 e. The molecule has 1 amide bonds. The van der Waals surface area contributed by atoms with Gasteiger partial charge in [0.1, 0.15) is 17.3 Å². The Morgan fingerprint density at radius 2 is 1.71 bits per heavy atom. The number of halogens is 3. The number of aliphatic hydroxyl groups excluding tert-OH is 1. The summed E-state index contributed by atoms with van der Waals surface area (Å²) in [6.45, 7) is 1.24. The Balaban J connectivity index is 2.29. The summed E-state index contributed by atoms with van der Waals surface area (Å²) in [5, 5.41) is 68.0. The number of imidazole rings is 1. The third kappa shape index (κ3) is 7.95. The molecule has 0 spiro atoms. The molecule has 45 heavy (non-hydrogen) atoms. The van der Waals surface area contributed by atoms with Gasteiger partial charge in [0.2, 0.25) is 5.91 Å². The van der Waals surface area contributed by atoms with E-state index in [9.17, 15) is 63.0 Å². The summed E-state index contributed by atoms with van der Waals surface area (Å²) < 4.78 is 45.0. The van der Waals surface area contributed by atoms with Crippen molar-refractivity contribution in [1.29, 1.82) is 0 Å². The van der Waals surface area contributed by atoms with Gasteiger partial charge in [0.15, 0.2) is 28.4 Å². The van der Waals surface area contributed by atoms with E-state index >= 15 is 0 Å². The molecule has 5 atom stereocenters. The number of ether oxygens (including phenoxy) is 1. The van der Waals surface area contributed by atoms with Gasteiger partial charge in [0.25, 0.3) is 0 Å². The quantitative estimate of drug-likeness (QED) is 0.123. The number of nitrogens with zero attached hydrogens (tertiary/aromatic N) is 5. The highest BCUT2D eigenvalue weighted by molar-refractivity contribution is 7.99. The first-order chi connectivity index (χ1) is 20.8. The van der Waals surface area contributed by atoms with Crippen molar-refractivity contribution in [2.24, 2.45) is 0 Å². The van der Waals surface area contributed by atoms with Gasteiger partial charge in [-0.3, -0.25) is 14.3 Å². The maximum absolute atomic E-state index is 12.9. The molecule has 21 heteroatoms. The first kappa shape index (κ1) is 36.2. The number of rotatable bonds is 15. The fourth-order valence-electron chi connectivity index (χ4n) is 4.90. The number of thioether (sulfide) groups is 2. The largest absolute Gasteiger partial charge is 0.550 e. The minimum Gasteiger partial charge on any atom is -0.550 e. The van der Waals surface area contributed by atoms with Gasteiger partial charge in [0.05, 0.1) is 18.9 Å². The van der Waals surface area contributed by atoms with Crippen molar-refractivity contribution in [2.45, 2.75) is 73.6 Å². The van der Waals surface area contributed by atoms with Gasteiger partial charge in [-0.25, -0.2) is 15.0 Å². The molecule has 16 nitrogen and oxygen atoms in total. The molecule has 3 rings (SSSR count). The molecule has 0 saturated carbocycles. The number of hydrogen-bond donors (Lipinski definition) is 3. The summed E-state index contributed by atoms with van der Waals surface area (Å²) in [6.07, 6.45) is -14.3. The molecule has 1 unspecified atom stereocenters. The monoisotopic (exact) mass is 682 g/mol. The Bertz CT molecular complexity index is 1450. The average molecular weight is 683 g/mol. The number of carbonyl (C=O) groups is 4. The smallest absolute Gasteiger partial charge is 0.389 e. The van der Waals surface area contributed by atoms with E-state index in [2.05, 4.69) is 15.0 Å². The number of fused-ring (bicyclic) bond motifs is 1. The zero-order valence-corrected chi connectivity index (χ0v) is 25.2. The Morgan fingerprint density at radius 1 is 1.09 bits per heavy atom. The second-order valence-electron chi connectivity index (χ2n) is 10.0. The van der Waals surface area contributed by atoms with E-state index in [0.717, 1.165) is 15.8 Å². The molecule has 3 heterocycles. The van der Waals surface area contributed by atoms with Crippen LogP contribution in [0.5, 0.6) is 0 Å². The molecule has 0 aromatic carbocycles. The zero-order valence-electron chi connectivity index (χ0n) is 23.6. The molecule has 2 aromatic rings. The highest BCUT2D eigenvalue weighted by atomic mass is 32.2. The van der Waals surface area contributed by atoms with Crippen LogP contribution in [0.25, 0.3) is 11.2 Å². The first-order valence-corrected chi connectivity index (χ1v) is 15.3.